The molecule has 2 heterocycles. The number of carbonyl (C=O) groups is 1. The third-order valence-corrected chi connectivity index (χ3v) is 7.56. The first kappa shape index (κ1) is 23.2. The molecule has 2 aromatic carbocycles. The van der Waals surface area contributed by atoms with Crippen LogP contribution in [0.25, 0.3) is 10.9 Å². The molecule has 3 atom stereocenters. The molecule has 4 N–H and O–H groups in total. The van der Waals surface area contributed by atoms with E-state index < -0.39 is 0 Å². The van der Waals surface area contributed by atoms with E-state index in [1.165, 1.54) is 5.56 Å². The molecular weight excluding hydrogens is 414 g/mol. The molecule has 176 valence electrons. The second-order valence-corrected chi connectivity index (χ2v) is 10.1. The standard InChI is InChI=1S/C27H35N3O3/c1-17(2)25(29-26(33)23-14-28-24-13-21(32)8-9-22(23)24)16-30-11-10-27(4,18(3)15-30)19-6-5-7-20(31)12-19/h5-9,12-14,17-18,25,28,31-32H,10-11,15-16H2,1-4H3,(H,29,33)/t18-,25+,27+/m0/s1. The number of phenolic OH excluding ortho intramolecular Hbond substituents is 2. The van der Waals surface area contributed by atoms with Gasteiger partial charge in [-0.3, -0.25) is 4.79 Å². The molecule has 4 rings (SSSR count). The van der Waals surface area contributed by atoms with E-state index in [4.69, 9.17) is 0 Å². The van der Waals surface area contributed by atoms with Crippen molar-refractivity contribution in [2.24, 2.45) is 11.8 Å². The van der Waals surface area contributed by atoms with E-state index in [1.54, 1.807) is 30.5 Å². The molecule has 6 heteroatoms. The SMILES string of the molecule is CC(C)[C@@H](CN1CC[C@@](C)(c2cccc(O)c2)[C@@H](C)C1)NC(=O)c1c[nH]c2cc(O)ccc12. The Kier molecular flexibility index (Phi) is 6.39. The molecule has 1 fully saturated rings. The van der Waals surface area contributed by atoms with Gasteiger partial charge in [0.05, 0.1) is 5.56 Å². The Morgan fingerprint density at radius 3 is 2.67 bits per heavy atom. The first-order valence-electron chi connectivity index (χ1n) is 11.8. The summed E-state index contributed by atoms with van der Waals surface area (Å²) in [6, 6.07) is 12.7. The van der Waals surface area contributed by atoms with Crippen LogP contribution in [0.2, 0.25) is 0 Å². The minimum absolute atomic E-state index is 0.0153. The molecule has 0 bridgehead atoms. The Morgan fingerprint density at radius 2 is 1.97 bits per heavy atom. The van der Waals surface area contributed by atoms with Gasteiger partial charge in [0.15, 0.2) is 0 Å². The lowest BCUT2D eigenvalue weighted by atomic mass is 9.68. The first-order chi connectivity index (χ1) is 15.7. The van der Waals surface area contributed by atoms with Crippen molar-refractivity contribution in [1.82, 2.24) is 15.2 Å². The number of aromatic amines is 1. The largest absolute Gasteiger partial charge is 0.508 e. The van der Waals surface area contributed by atoms with Crippen LogP contribution in [0, 0.1) is 11.8 Å². The van der Waals surface area contributed by atoms with E-state index in [9.17, 15) is 15.0 Å². The highest BCUT2D eigenvalue weighted by Crippen LogP contribution is 2.40. The topological polar surface area (TPSA) is 88.6 Å². The maximum atomic E-state index is 13.1. The minimum atomic E-state index is -0.0969. The molecule has 3 aromatic rings. The summed E-state index contributed by atoms with van der Waals surface area (Å²) < 4.78 is 0. The molecule has 0 radical (unpaired) electrons. The van der Waals surface area contributed by atoms with E-state index in [1.807, 2.05) is 12.1 Å². The van der Waals surface area contributed by atoms with Crippen LogP contribution in [0.3, 0.4) is 0 Å². The number of nitrogens with zero attached hydrogens (tertiary/aromatic N) is 1. The van der Waals surface area contributed by atoms with Gasteiger partial charge in [0.25, 0.3) is 5.91 Å². The number of H-pyrrole nitrogens is 1. The molecule has 1 aliphatic heterocycles. The molecule has 1 saturated heterocycles. The number of nitrogens with one attached hydrogen (secondary N) is 2. The predicted octanol–water partition coefficient (Wildman–Crippen LogP) is 4.63. The van der Waals surface area contributed by atoms with Gasteiger partial charge in [-0.05, 0) is 60.0 Å². The normalized spacial score (nSPS) is 22.5. The van der Waals surface area contributed by atoms with Crippen molar-refractivity contribution in [2.45, 2.75) is 45.6 Å². The molecule has 1 aromatic heterocycles. The van der Waals surface area contributed by atoms with Gasteiger partial charge in [0.1, 0.15) is 11.5 Å². The van der Waals surface area contributed by atoms with Crippen LogP contribution in [0.5, 0.6) is 11.5 Å². The number of likely N-dealkylation sites (tertiary alicyclic amines) is 1. The van der Waals surface area contributed by atoms with Gasteiger partial charge in [-0.1, -0.05) is 39.8 Å². The zero-order chi connectivity index (χ0) is 23.8. The van der Waals surface area contributed by atoms with Gasteiger partial charge in [-0.2, -0.15) is 0 Å². The van der Waals surface area contributed by atoms with Gasteiger partial charge in [0.2, 0.25) is 0 Å². The van der Waals surface area contributed by atoms with Crippen molar-refractivity contribution in [1.29, 1.82) is 0 Å². The molecule has 0 saturated carbocycles. The van der Waals surface area contributed by atoms with E-state index in [0.29, 0.717) is 17.2 Å². The van der Waals surface area contributed by atoms with Crippen LogP contribution in [-0.2, 0) is 5.41 Å². The Balaban J connectivity index is 1.44. The van der Waals surface area contributed by atoms with Crippen LogP contribution in [0.15, 0.2) is 48.7 Å². The fraction of sp³-hybridized carbons (Fsp3) is 0.444. The highest BCUT2D eigenvalue weighted by molar-refractivity contribution is 6.07. The number of carbonyl (C=O) groups excluding carboxylic acids is 1. The fourth-order valence-corrected chi connectivity index (χ4v) is 5.02. The van der Waals surface area contributed by atoms with Crippen LogP contribution in [-0.4, -0.2) is 51.7 Å². The average Bonchev–Trinajstić information content (AvgIpc) is 3.19. The van der Waals surface area contributed by atoms with E-state index in [-0.39, 0.29) is 29.0 Å². The Morgan fingerprint density at radius 1 is 1.21 bits per heavy atom. The summed E-state index contributed by atoms with van der Waals surface area (Å²) in [6.07, 6.45) is 2.71. The van der Waals surface area contributed by atoms with E-state index in [2.05, 4.69) is 49.0 Å². The maximum Gasteiger partial charge on any atom is 0.253 e. The maximum absolute atomic E-state index is 13.1. The molecule has 1 amide bonds. The van der Waals surface area contributed by atoms with Crippen LogP contribution < -0.4 is 5.32 Å². The molecule has 0 aliphatic carbocycles. The van der Waals surface area contributed by atoms with Crippen LogP contribution >= 0.6 is 0 Å². The average molecular weight is 450 g/mol. The summed E-state index contributed by atoms with van der Waals surface area (Å²) in [5.74, 6) is 1.10. The van der Waals surface area contributed by atoms with Gasteiger partial charge in [0, 0.05) is 42.3 Å². The number of rotatable bonds is 6. The van der Waals surface area contributed by atoms with Crippen LogP contribution in [0.1, 0.15) is 50.0 Å². The summed E-state index contributed by atoms with van der Waals surface area (Å²) in [7, 11) is 0. The zero-order valence-electron chi connectivity index (χ0n) is 19.9. The smallest absolute Gasteiger partial charge is 0.253 e. The van der Waals surface area contributed by atoms with Gasteiger partial charge < -0.3 is 25.4 Å². The fourth-order valence-electron chi connectivity index (χ4n) is 5.02. The van der Waals surface area contributed by atoms with Gasteiger partial charge >= 0.3 is 0 Å². The number of hydrogen-bond donors (Lipinski definition) is 4. The number of aromatic nitrogens is 1. The quantitative estimate of drug-likeness (QED) is 0.442. The molecule has 1 aliphatic rings. The van der Waals surface area contributed by atoms with E-state index in [0.717, 1.165) is 37.0 Å². The Bertz CT molecular complexity index is 1140. The van der Waals surface area contributed by atoms with Crippen LogP contribution in [0.4, 0.5) is 0 Å². The summed E-state index contributed by atoms with van der Waals surface area (Å²) in [6.45, 7) is 11.5. The lowest BCUT2D eigenvalue weighted by molar-refractivity contribution is 0.0816. The monoisotopic (exact) mass is 449 g/mol. The Labute approximate surface area is 195 Å². The molecule has 6 nitrogen and oxygen atoms in total. The van der Waals surface area contributed by atoms with Crippen molar-refractivity contribution in [3.8, 4) is 11.5 Å². The summed E-state index contributed by atoms with van der Waals surface area (Å²) in [5, 5.41) is 23.7. The zero-order valence-corrected chi connectivity index (χ0v) is 19.9. The van der Waals surface area contributed by atoms with Gasteiger partial charge in [-0.15, -0.1) is 0 Å². The van der Waals surface area contributed by atoms with Gasteiger partial charge in [-0.25, -0.2) is 0 Å². The second kappa shape index (κ2) is 9.10. The van der Waals surface area contributed by atoms with E-state index >= 15 is 0 Å². The second-order valence-electron chi connectivity index (χ2n) is 10.1. The molecule has 0 spiro atoms. The van der Waals surface area contributed by atoms with Crippen molar-refractivity contribution < 1.29 is 15.0 Å². The number of hydrogen-bond acceptors (Lipinski definition) is 4. The predicted molar refractivity (Wildman–Crippen MR) is 132 cm³/mol. The molecular formula is C27H35N3O3. The number of amides is 1. The summed E-state index contributed by atoms with van der Waals surface area (Å²) in [4.78, 5) is 18.6. The number of aromatic hydroxyl groups is 2. The lowest BCUT2D eigenvalue weighted by Gasteiger charge is -2.46. The Hall–Kier alpha value is -2.99. The van der Waals surface area contributed by atoms with Crippen molar-refractivity contribution in [2.75, 3.05) is 19.6 Å². The highest BCUT2D eigenvalue weighted by Gasteiger charge is 2.38. The molecule has 0 unspecified atom stereocenters. The third kappa shape index (κ3) is 4.71. The van der Waals surface area contributed by atoms with Crippen molar-refractivity contribution in [3.63, 3.8) is 0 Å². The number of piperidine rings is 1. The minimum Gasteiger partial charge on any atom is -0.508 e. The first-order valence-corrected chi connectivity index (χ1v) is 11.8. The summed E-state index contributed by atoms with van der Waals surface area (Å²) in [5.41, 5.74) is 2.55. The van der Waals surface area contributed by atoms with Crippen molar-refractivity contribution >= 4 is 16.8 Å². The highest BCUT2D eigenvalue weighted by atomic mass is 16.3. The number of fused-ring (bicyclic) bond motifs is 1. The molecule has 33 heavy (non-hydrogen) atoms. The number of phenols is 2. The number of benzene rings is 2. The lowest BCUT2D eigenvalue weighted by Crippen LogP contribution is -2.53. The third-order valence-electron chi connectivity index (χ3n) is 7.56. The summed E-state index contributed by atoms with van der Waals surface area (Å²) >= 11 is 0. The van der Waals surface area contributed by atoms with Crippen molar-refractivity contribution in [3.05, 3.63) is 59.8 Å².